The molecule has 320 valence electrons. The van der Waals surface area contributed by atoms with Crippen molar-refractivity contribution in [2.75, 3.05) is 20.6 Å². The molecule has 0 fully saturated rings. The van der Waals surface area contributed by atoms with Crippen LogP contribution in [0.3, 0.4) is 0 Å². The second-order valence-corrected chi connectivity index (χ2v) is 14.0. The molecule has 0 amide bonds. The molecule has 0 aliphatic heterocycles. The Kier molecular flexibility index (Phi) is 16.2. The molecule has 0 spiro atoms. The Morgan fingerprint density at radius 2 is 0.534 bits per heavy atom. The van der Waals surface area contributed by atoms with Gasteiger partial charge in [0.05, 0.1) is 25.1 Å². The molecule has 0 saturated heterocycles. The van der Waals surface area contributed by atoms with Crippen LogP contribution in [0.15, 0.2) is 4.47 Å². The van der Waals surface area contributed by atoms with Gasteiger partial charge >= 0.3 is 0 Å². The van der Waals surface area contributed by atoms with E-state index in [2.05, 4.69) is 21.0 Å². The molecule has 0 aromatic heterocycles. The molecule has 0 atom stereocenters. The summed E-state index contributed by atoms with van der Waals surface area (Å²) in [5.41, 5.74) is -13.8. The van der Waals surface area contributed by atoms with Gasteiger partial charge in [-0.1, -0.05) is 45.4 Å². The third-order valence-corrected chi connectivity index (χ3v) is 9.93. The maximum Gasteiger partial charge on any atom is 0.200 e. The van der Waals surface area contributed by atoms with Crippen molar-refractivity contribution in [3.8, 4) is 0 Å². The van der Waals surface area contributed by atoms with E-state index in [1.54, 1.807) is 4.90 Å². The summed E-state index contributed by atoms with van der Waals surface area (Å²) in [5, 5.41) is 0. The van der Waals surface area contributed by atoms with E-state index in [9.17, 15) is 48.3 Å². The van der Waals surface area contributed by atoms with Crippen LogP contribution in [0.5, 0.6) is 0 Å². The summed E-state index contributed by atoms with van der Waals surface area (Å²) in [7, 11) is 4.47. The number of rotatable bonds is 13. The van der Waals surface area contributed by atoms with Gasteiger partial charge in [-0.3, -0.25) is 0 Å². The van der Waals surface area contributed by atoms with Gasteiger partial charge < -0.3 is 4.90 Å². The Bertz CT molecular complexity index is 1800. The summed E-state index contributed by atoms with van der Waals surface area (Å²) in [6, 6.07) is 0. The van der Waals surface area contributed by atoms with Crippen molar-refractivity contribution in [1.82, 2.24) is 0 Å². The first-order chi connectivity index (χ1) is 27.0. The second kappa shape index (κ2) is 19.4. The van der Waals surface area contributed by atoms with Crippen LogP contribution in [0.2, 0.25) is 0 Å². The predicted molar refractivity (Wildman–Crippen MR) is 177 cm³/mol. The number of quaternary nitrogens is 1. The molecule has 4 rings (SSSR count). The fourth-order valence-electron chi connectivity index (χ4n) is 6.49. The van der Waals surface area contributed by atoms with Crippen molar-refractivity contribution < 1.29 is 88.3 Å². The Balaban J connectivity index is 0.000000594. The number of unbranched alkanes of at least 4 members (excludes halogenated alkanes) is 7. The maximum absolute atomic E-state index is 15.6. The van der Waals surface area contributed by atoms with Gasteiger partial charge in [-0.25, -0.2) is 83.4 Å². The molecule has 0 saturated carbocycles. The van der Waals surface area contributed by atoms with Crippen molar-refractivity contribution in [1.29, 1.82) is 0 Å². The van der Waals surface area contributed by atoms with E-state index in [1.807, 2.05) is 15.9 Å². The van der Waals surface area contributed by atoms with Gasteiger partial charge in [-0.05, 0) is 28.8 Å². The fourth-order valence-corrected chi connectivity index (χ4v) is 6.83. The number of nitrogens with one attached hydrogen (secondary N) is 1. The number of benzene rings is 4. The monoisotopic (exact) mass is 925 g/mol. The molecule has 4 aromatic rings. The van der Waals surface area contributed by atoms with Crippen LogP contribution in [0.25, 0.3) is 0 Å². The summed E-state index contributed by atoms with van der Waals surface area (Å²) in [6.07, 6.45) is 4.41. The third-order valence-electron chi connectivity index (χ3n) is 9.24. The van der Waals surface area contributed by atoms with E-state index in [-0.39, 0.29) is 0 Å². The van der Waals surface area contributed by atoms with Gasteiger partial charge in [0, 0.05) is 0 Å². The highest BCUT2D eigenvalue weighted by molar-refractivity contribution is 9.10. The lowest BCUT2D eigenvalue weighted by molar-refractivity contribution is -0.858. The van der Waals surface area contributed by atoms with Gasteiger partial charge in [-0.15, -0.1) is 21.9 Å². The Hall–Kier alpha value is -3.95. The molecule has 0 radical (unpaired) electrons. The summed E-state index contributed by atoms with van der Waals surface area (Å²) < 4.78 is 280. The van der Waals surface area contributed by atoms with Crippen molar-refractivity contribution >= 4 is 43.9 Å². The van der Waals surface area contributed by atoms with Crippen molar-refractivity contribution in [2.45, 2.75) is 58.3 Å². The van der Waals surface area contributed by atoms with Crippen LogP contribution in [0.1, 0.15) is 58.3 Å². The molecule has 1 N–H and O–H groups in total. The quantitative estimate of drug-likeness (QED) is 0.0451. The normalized spacial score (nSPS) is 11.8. The largest absolute Gasteiger partial charge is 0.340 e. The van der Waals surface area contributed by atoms with Crippen LogP contribution < -0.4 is 26.8 Å². The Morgan fingerprint density at radius 1 is 0.328 bits per heavy atom. The van der Waals surface area contributed by atoms with Crippen LogP contribution in [0, 0.1) is 111 Å². The minimum Gasteiger partial charge on any atom is -0.340 e. The molecule has 0 aliphatic rings. The molecule has 58 heavy (non-hydrogen) atoms. The minimum absolute atomic E-state index is 1.34. The van der Waals surface area contributed by atoms with Crippen molar-refractivity contribution in [3.63, 3.8) is 0 Å². The molecule has 0 aliphatic carbocycles. The zero-order chi connectivity index (χ0) is 44.3. The molecular formula is C36H28BBrF19N. The molecule has 0 unspecified atom stereocenters. The van der Waals surface area contributed by atoms with Gasteiger partial charge in [0.15, 0.2) is 64.0 Å². The lowest BCUT2D eigenvalue weighted by Crippen LogP contribution is -3.05. The van der Waals surface area contributed by atoms with E-state index in [1.165, 1.54) is 57.9 Å². The van der Waals surface area contributed by atoms with Gasteiger partial charge in [0.2, 0.25) is 0 Å². The summed E-state index contributed by atoms with van der Waals surface area (Å²) in [6.45, 7) is 3.62. The lowest BCUT2D eigenvalue weighted by atomic mass is 9.12. The second-order valence-electron chi connectivity index (χ2n) is 13.2. The van der Waals surface area contributed by atoms with Gasteiger partial charge in [0.25, 0.3) is 0 Å². The van der Waals surface area contributed by atoms with Crippen LogP contribution in [-0.4, -0.2) is 26.8 Å². The summed E-state index contributed by atoms with van der Waals surface area (Å²) in [5.74, 6) is -65.2. The maximum atomic E-state index is 15.6. The van der Waals surface area contributed by atoms with Crippen LogP contribution >= 0.6 is 15.9 Å². The molecule has 0 bridgehead atoms. The van der Waals surface area contributed by atoms with Crippen molar-refractivity contribution in [3.05, 3.63) is 115 Å². The highest BCUT2D eigenvalue weighted by Gasteiger charge is 2.52. The van der Waals surface area contributed by atoms with E-state index in [0.717, 1.165) is 0 Å². The number of hydrogen-bond donors (Lipinski definition) is 1. The average Bonchev–Trinajstić information content (AvgIpc) is 3.18. The topological polar surface area (TPSA) is 4.44 Å². The standard InChI is InChI=1S/C24BBrF19.C12H27N/c26-5-14(35)6(27)1(7(28)15(5)36)25(2-8(29)16(37)22(43)17(38)9(2)30,3-10(31)18(39)23(44)19(40)11(3)32)4-12(33)20(41)24(45)21(42)13(4)34;1-4-5-6-7-8-9-10-11-12-13(2)3/h;4-12H2,1-3H3/q-1;/p+1. The Labute approximate surface area is 325 Å². The number of halogens is 20. The van der Waals surface area contributed by atoms with Crippen LogP contribution in [-0.2, 0) is 0 Å². The SMILES string of the molecule is CCCCCCCCCC[NH+](C)C.Fc1c(F)c(F)c([B-](c2c(F)c(F)c(F)c(F)c2F)(c2c(F)c(F)c(F)c(F)c2F)c2c(F)c(F)c(Br)c(F)c2F)c(F)c1F. The minimum atomic E-state index is -7.07. The predicted octanol–water partition coefficient (Wildman–Crippen LogP) is 8.74. The Morgan fingerprint density at radius 3 is 0.776 bits per heavy atom. The fraction of sp³-hybridized carbons (Fsp3) is 0.333. The highest BCUT2D eigenvalue weighted by Crippen LogP contribution is 2.32. The summed E-state index contributed by atoms with van der Waals surface area (Å²) >= 11 is 1.86. The van der Waals surface area contributed by atoms with Crippen LogP contribution in [0.4, 0.5) is 83.4 Å². The first kappa shape index (κ1) is 48.4. The number of hydrogen-bond acceptors (Lipinski definition) is 0. The van der Waals surface area contributed by atoms with E-state index in [4.69, 9.17) is 0 Å². The van der Waals surface area contributed by atoms with E-state index < -0.39 is 143 Å². The molecule has 22 heteroatoms. The summed E-state index contributed by atoms with van der Waals surface area (Å²) in [4.78, 5) is 1.59. The van der Waals surface area contributed by atoms with Gasteiger partial charge in [-0.2, -0.15) is 0 Å². The average molecular weight is 926 g/mol. The van der Waals surface area contributed by atoms with E-state index in [0.29, 0.717) is 0 Å². The first-order valence-electron chi connectivity index (χ1n) is 17.0. The van der Waals surface area contributed by atoms with Gasteiger partial charge in [0.1, 0.15) is 52.7 Å². The zero-order valence-electron chi connectivity index (χ0n) is 30.0. The molecule has 0 heterocycles. The molecule has 1 nitrogen and oxygen atoms in total. The molecule has 4 aromatic carbocycles. The third kappa shape index (κ3) is 8.54. The van der Waals surface area contributed by atoms with Crippen molar-refractivity contribution in [2.24, 2.45) is 0 Å². The first-order valence-corrected chi connectivity index (χ1v) is 17.8. The van der Waals surface area contributed by atoms with E-state index >= 15 is 35.1 Å². The highest BCUT2D eigenvalue weighted by atomic mass is 79.9. The molecular weight excluding hydrogens is 898 g/mol. The lowest BCUT2D eigenvalue weighted by Gasteiger charge is -2.44. The smallest absolute Gasteiger partial charge is 0.200 e. The zero-order valence-corrected chi connectivity index (χ0v) is 31.6.